The number of hydrogen-bond donors (Lipinski definition) is 1. The summed E-state index contributed by atoms with van der Waals surface area (Å²) in [6.45, 7) is 7.48. The van der Waals surface area contributed by atoms with Gasteiger partial charge < -0.3 is 10.5 Å². The monoisotopic (exact) mass is 212 g/mol. The number of piperidine rings is 1. The van der Waals surface area contributed by atoms with Crippen LogP contribution in [-0.2, 0) is 4.74 Å². The van der Waals surface area contributed by atoms with Crippen LogP contribution in [-0.4, -0.2) is 43.8 Å². The van der Waals surface area contributed by atoms with Gasteiger partial charge in [-0.15, -0.1) is 0 Å². The fourth-order valence-corrected chi connectivity index (χ4v) is 2.64. The molecule has 3 nitrogen and oxygen atoms in total. The lowest BCUT2D eigenvalue weighted by molar-refractivity contribution is -0.00509. The molecule has 0 radical (unpaired) electrons. The average Bonchev–Trinajstić information content (AvgIpc) is 2.31. The minimum Gasteiger partial charge on any atom is -0.380 e. The molecule has 0 spiro atoms. The smallest absolute Gasteiger partial charge is 0.0621 e. The second-order valence-corrected chi connectivity index (χ2v) is 5.42. The van der Waals surface area contributed by atoms with Gasteiger partial charge in [0.15, 0.2) is 0 Å². The Hall–Kier alpha value is -0.120. The number of nitrogens with zero attached hydrogens (tertiary/aromatic N) is 1. The summed E-state index contributed by atoms with van der Waals surface area (Å²) in [5, 5.41) is 0. The molecule has 2 aliphatic rings. The van der Waals surface area contributed by atoms with E-state index in [-0.39, 0.29) is 0 Å². The van der Waals surface area contributed by atoms with Gasteiger partial charge in [-0.05, 0) is 50.7 Å². The van der Waals surface area contributed by atoms with Crippen molar-refractivity contribution in [2.24, 2.45) is 11.1 Å². The largest absolute Gasteiger partial charge is 0.380 e. The second-order valence-electron chi connectivity index (χ2n) is 5.42. The minimum absolute atomic E-state index is 0.395. The van der Waals surface area contributed by atoms with E-state index >= 15 is 0 Å². The molecular weight excluding hydrogens is 188 g/mol. The highest BCUT2D eigenvalue weighted by Gasteiger charge is 2.32. The van der Waals surface area contributed by atoms with Gasteiger partial charge in [0, 0.05) is 12.6 Å². The molecule has 1 unspecified atom stereocenters. The van der Waals surface area contributed by atoms with Gasteiger partial charge in [-0.2, -0.15) is 0 Å². The van der Waals surface area contributed by atoms with Crippen molar-refractivity contribution in [2.75, 3.05) is 32.8 Å². The zero-order valence-electron chi connectivity index (χ0n) is 9.87. The molecule has 0 saturated carbocycles. The topological polar surface area (TPSA) is 38.5 Å². The van der Waals surface area contributed by atoms with Gasteiger partial charge >= 0.3 is 0 Å². The van der Waals surface area contributed by atoms with Crippen LogP contribution in [0.25, 0.3) is 0 Å². The van der Waals surface area contributed by atoms with E-state index in [9.17, 15) is 0 Å². The first-order valence-corrected chi connectivity index (χ1v) is 6.25. The van der Waals surface area contributed by atoms with E-state index < -0.39 is 0 Å². The highest BCUT2D eigenvalue weighted by Crippen LogP contribution is 2.31. The Balaban J connectivity index is 1.82. The van der Waals surface area contributed by atoms with Gasteiger partial charge in [0.1, 0.15) is 0 Å². The molecule has 0 amide bonds. The van der Waals surface area contributed by atoms with Crippen molar-refractivity contribution in [3.63, 3.8) is 0 Å². The van der Waals surface area contributed by atoms with Crippen LogP contribution in [0.2, 0.25) is 0 Å². The molecule has 0 aromatic heterocycles. The highest BCUT2D eigenvalue weighted by molar-refractivity contribution is 4.86. The Bertz CT molecular complexity index is 194. The Morgan fingerprint density at radius 2 is 2.13 bits per heavy atom. The molecule has 15 heavy (non-hydrogen) atoms. The SMILES string of the molecule is CC1(CN)CCN(C2CCCOC2)CC1. The first-order valence-electron chi connectivity index (χ1n) is 6.25. The zero-order chi connectivity index (χ0) is 10.7. The van der Waals surface area contributed by atoms with E-state index in [1.54, 1.807) is 0 Å². The molecule has 0 aromatic rings. The van der Waals surface area contributed by atoms with Crippen LogP contribution in [0, 0.1) is 5.41 Å². The molecule has 88 valence electrons. The number of hydrogen-bond acceptors (Lipinski definition) is 3. The molecule has 0 bridgehead atoms. The molecule has 2 fully saturated rings. The van der Waals surface area contributed by atoms with Crippen LogP contribution >= 0.6 is 0 Å². The van der Waals surface area contributed by atoms with Crippen LogP contribution < -0.4 is 5.73 Å². The quantitative estimate of drug-likeness (QED) is 0.748. The van der Waals surface area contributed by atoms with Crippen LogP contribution in [0.1, 0.15) is 32.6 Å². The average molecular weight is 212 g/mol. The van der Waals surface area contributed by atoms with Crippen LogP contribution in [0.4, 0.5) is 0 Å². The summed E-state index contributed by atoms with van der Waals surface area (Å²) in [5.74, 6) is 0. The zero-order valence-corrected chi connectivity index (χ0v) is 9.87. The third-order valence-electron chi connectivity index (χ3n) is 4.15. The van der Waals surface area contributed by atoms with E-state index in [4.69, 9.17) is 10.5 Å². The summed E-state index contributed by atoms with van der Waals surface area (Å²) >= 11 is 0. The minimum atomic E-state index is 0.395. The van der Waals surface area contributed by atoms with Gasteiger partial charge in [-0.25, -0.2) is 0 Å². The molecule has 2 N–H and O–H groups in total. The van der Waals surface area contributed by atoms with E-state index in [0.29, 0.717) is 11.5 Å². The molecule has 0 aliphatic carbocycles. The summed E-state index contributed by atoms with van der Waals surface area (Å²) in [7, 11) is 0. The van der Waals surface area contributed by atoms with Gasteiger partial charge in [-0.3, -0.25) is 4.90 Å². The lowest BCUT2D eigenvalue weighted by Crippen LogP contribution is -2.49. The maximum absolute atomic E-state index is 5.82. The molecule has 1 atom stereocenters. The molecular formula is C12H24N2O. The molecule has 3 heteroatoms. The van der Waals surface area contributed by atoms with Crippen molar-refractivity contribution >= 4 is 0 Å². The summed E-state index contributed by atoms with van der Waals surface area (Å²) in [6, 6.07) is 0.682. The second kappa shape index (κ2) is 4.81. The molecule has 2 heterocycles. The normalized spacial score (nSPS) is 32.8. The van der Waals surface area contributed by atoms with Crippen molar-refractivity contribution in [1.29, 1.82) is 0 Å². The Morgan fingerprint density at radius 3 is 2.67 bits per heavy atom. The van der Waals surface area contributed by atoms with E-state index in [1.165, 1.54) is 38.8 Å². The van der Waals surface area contributed by atoms with Crippen molar-refractivity contribution in [3.05, 3.63) is 0 Å². The van der Waals surface area contributed by atoms with E-state index in [0.717, 1.165) is 19.8 Å². The van der Waals surface area contributed by atoms with Gasteiger partial charge in [0.2, 0.25) is 0 Å². The van der Waals surface area contributed by atoms with Crippen molar-refractivity contribution in [1.82, 2.24) is 4.90 Å². The third-order valence-corrected chi connectivity index (χ3v) is 4.15. The summed E-state index contributed by atoms with van der Waals surface area (Å²) in [5.41, 5.74) is 6.21. The number of nitrogens with two attached hydrogens (primary N) is 1. The molecule has 2 aliphatic heterocycles. The maximum Gasteiger partial charge on any atom is 0.0621 e. The predicted molar refractivity (Wildman–Crippen MR) is 61.8 cm³/mol. The van der Waals surface area contributed by atoms with Crippen LogP contribution in [0.3, 0.4) is 0 Å². The van der Waals surface area contributed by atoms with Crippen molar-refractivity contribution in [3.8, 4) is 0 Å². The van der Waals surface area contributed by atoms with E-state index in [1.807, 2.05) is 0 Å². The maximum atomic E-state index is 5.82. The third kappa shape index (κ3) is 2.71. The number of likely N-dealkylation sites (tertiary alicyclic amines) is 1. The Labute approximate surface area is 93.0 Å². The van der Waals surface area contributed by atoms with Gasteiger partial charge in [0.05, 0.1) is 6.61 Å². The van der Waals surface area contributed by atoms with E-state index in [2.05, 4.69) is 11.8 Å². The Morgan fingerprint density at radius 1 is 1.40 bits per heavy atom. The van der Waals surface area contributed by atoms with Gasteiger partial charge in [0.25, 0.3) is 0 Å². The standard InChI is InChI=1S/C12H24N2O/c1-12(10-13)4-6-14(7-5-12)11-3-2-8-15-9-11/h11H,2-10,13H2,1H3. The van der Waals surface area contributed by atoms with Gasteiger partial charge in [-0.1, -0.05) is 6.92 Å². The molecule has 0 aromatic carbocycles. The lowest BCUT2D eigenvalue weighted by Gasteiger charge is -2.43. The summed E-state index contributed by atoms with van der Waals surface area (Å²) in [6.07, 6.45) is 5.05. The fourth-order valence-electron chi connectivity index (χ4n) is 2.64. The van der Waals surface area contributed by atoms with Crippen molar-refractivity contribution < 1.29 is 4.74 Å². The van der Waals surface area contributed by atoms with Crippen LogP contribution in [0.15, 0.2) is 0 Å². The fraction of sp³-hybridized carbons (Fsp3) is 1.00. The molecule has 2 rings (SSSR count). The van der Waals surface area contributed by atoms with Crippen LogP contribution in [0.5, 0.6) is 0 Å². The first kappa shape index (κ1) is 11.4. The molecule has 2 saturated heterocycles. The number of rotatable bonds is 2. The number of ether oxygens (including phenoxy) is 1. The summed E-state index contributed by atoms with van der Waals surface area (Å²) in [4.78, 5) is 2.61. The predicted octanol–water partition coefficient (Wildman–Crippen LogP) is 1.23. The lowest BCUT2D eigenvalue weighted by atomic mass is 9.80. The first-order chi connectivity index (χ1) is 7.23. The summed E-state index contributed by atoms with van der Waals surface area (Å²) < 4.78 is 5.55. The van der Waals surface area contributed by atoms with Crippen molar-refractivity contribution in [2.45, 2.75) is 38.6 Å². The highest BCUT2D eigenvalue weighted by atomic mass is 16.5. The Kier molecular flexibility index (Phi) is 3.65.